The first-order chi connectivity index (χ1) is 10.7. The molecule has 1 N–H and O–H groups in total. The maximum Gasteiger partial charge on any atom is 0.277 e. The van der Waals surface area contributed by atoms with Gasteiger partial charge < -0.3 is 4.74 Å². The first kappa shape index (κ1) is 16.0. The molecule has 0 radical (unpaired) electrons. The highest BCUT2D eigenvalue weighted by Crippen LogP contribution is 2.20. The molecule has 0 atom stereocenters. The van der Waals surface area contributed by atoms with Crippen LogP contribution >= 0.6 is 0 Å². The van der Waals surface area contributed by atoms with Gasteiger partial charge in [0.2, 0.25) is 0 Å². The number of nitrogens with zero attached hydrogens (tertiary/aromatic N) is 1. The molecule has 0 heterocycles. The molecule has 4 heteroatoms. The van der Waals surface area contributed by atoms with Gasteiger partial charge >= 0.3 is 0 Å². The van der Waals surface area contributed by atoms with Crippen LogP contribution < -0.4 is 10.2 Å². The SMILES string of the molecule is CCC(/C=N/NC(=O)COc1ccc2ccccc2c1)CC. The fourth-order valence-corrected chi connectivity index (χ4v) is 2.15. The lowest BCUT2D eigenvalue weighted by atomic mass is 10.1. The summed E-state index contributed by atoms with van der Waals surface area (Å²) in [7, 11) is 0. The van der Waals surface area contributed by atoms with Crippen molar-refractivity contribution < 1.29 is 9.53 Å². The molecule has 2 aromatic rings. The average Bonchev–Trinajstić information content (AvgIpc) is 2.56. The van der Waals surface area contributed by atoms with Crippen LogP contribution in [0.4, 0.5) is 0 Å². The van der Waals surface area contributed by atoms with E-state index in [4.69, 9.17) is 4.74 Å². The Morgan fingerprint density at radius 2 is 1.91 bits per heavy atom. The zero-order chi connectivity index (χ0) is 15.8. The summed E-state index contributed by atoms with van der Waals surface area (Å²) in [5.41, 5.74) is 2.49. The van der Waals surface area contributed by atoms with E-state index in [2.05, 4.69) is 24.4 Å². The van der Waals surface area contributed by atoms with Crippen molar-refractivity contribution in [2.45, 2.75) is 26.7 Å². The quantitative estimate of drug-likeness (QED) is 0.625. The minimum absolute atomic E-state index is 0.0431. The van der Waals surface area contributed by atoms with Crippen molar-refractivity contribution >= 4 is 22.9 Å². The number of ether oxygens (including phenoxy) is 1. The monoisotopic (exact) mass is 298 g/mol. The Morgan fingerprint density at radius 1 is 1.18 bits per heavy atom. The molecule has 0 saturated carbocycles. The third kappa shape index (κ3) is 4.58. The number of hydrogen-bond acceptors (Lipinski definition) is 3. The van der Waals surface area contributed by atoms with Crippen molar-refractivity contribution in [2.24, 2.45) is 11.0 Å². The van der Waals surface area contributed by atoms with E-state index in [-0.39, 0.29) is 12.5 Å². The number of amides is 1. The van der Waals surface area contributed by atoms with Crippen LogP contribution in [0.3, 0.4) is 0 Å². The number of hydrogen-bond donors (Lipinski definition) is 1. The van der Waals surface area contributed by atoms with Gasteiger partial charge in [0.25, 0.3) is 5.91 Å². The smallest absolute Gasteiger partial charge is 0.277 e. The Bertz CT molecular complexity index is 648. The fourth-order valence-electron chi connectivity index (χ4n) is 2.15. The molecule has 0 aliphatic carbocycles. The largest absolute Gasteiger partial charge is 0.484 e. The summed E-state index contributed by atoms with van der Waals surface area (Å²) in [6.45, 7) is 4.16. The van der Waals surface area contributed by atoms with Crippen LogP contribution in [0.1, 0.15) is 26.7 Å². The van der Waals surface area contributed by atoms with Crippen molar-refractivity contribution in [1.82, 2.24) is 5.43 Å². The van der Waals surface area contributed by atoms with Crippen molar-refractivity contribution in [2.75, 3.05) is 6.61 Å². The topological polar surface area (TPSA) is 50.7 Å². The molecule has 0 aliphatic heterocycles. The molecule has 4 nitrogen and oxygen atoms in total. The zero-order valence-corrected chi connectivity index (χ0v) is 13.1. The molecule has 0 aliphatic rings. The van der Waals surface area contributed by atoms with E-state index in [1.807, 2.05) is 42.5 Å². The summed E-state index contributed by atoms with van der Waals surface area (Å²) in [5, 5.41) is 6.21. The Morgan fingerprint density at radius 3 is 2.64 bits per heavy atom. The lowest BCUT2D eigenvalue weighted by Crippen LogP contribution is -2.25. The number of rotatable bonds is 7. The maximum atomic E-state index is 11.7. The van der Waals surface area contributed by atoms with E-state index in [9.17, 15) is 4.79 Å². The van der Waals surface area contributed by atoms with Crippen LogP contribution in [0.15, 0.2) is 47.6 Å². The summed E-state index contributed by atoms with van der Waals surface area (Å²) < 4.78 is 5.50. The van der Waals surface area contributed by atoms with Gasteiger partial charge in [-0.2, -0.15) is 5.10 Å². The number of hydrazone groups is 1. The normalized spacial score (nSPS) is 11.2. The predicted molar refractivity (Wildman–Crippen MR) is 90.1 cm³/mol. The second kappa shape index (κ2) is 8.17. The van der Waals surface area contributed by atoms with E-state index < -0.39 is 0 Å². The van der Waals surface area contributed by atoms with Crippen LogP contribution in [0.2, 0.25) is 0 Å². The number of nitrogens with one attached hydrogen (secondary N) is 1. The minimum atomic E-state index is -0.254. The number of benzene rings is 2. The molecule has 0 bridgehead atoms. The molecule has 22 heavy (non-hydrogen) atoms. The second-order valence-corrected chi connectivity index (χ2v) is 5.19. The molecule has 2 rings (SSSR count). The highest BCUT2D eigenvalue weighted by molar-refractivity contribution is 5.84. The lowest BCUT2D eigenvalue weighted by Gasteiger charge is -2.07. The molecule has 0 aromatic heterocycles. The van der Waals surface area contributed by atoms with Gasteiger partial charge in [-0.25, -0.2) is 5.43 Å². The maximum absolute atomic E-state index is 11.7. The van der Waals surface area contributed by atoms with Crippen molar-refractivity contribution in [1.29, 1.82) is 0 Å². The molecule has 0 saturated heterocycles. The van der Waals surface area contributed by atoms with Crippen LogP contribution in [-0.2, 0) is 4.79 Å². The zero-order valence-electron chi connectivity index (χ0n) is 13.1. The third-order valence-corrected chi connectivity index (χ3v) is 3.61. The third-order valence-electron chi connectivity index (χ3n) is 3.61. The highest BCUT2D eigenvalue weighted by atomic mass is 16.5. The minimum Gasteiger partial charge on any atom is -0.484 e. The van der Waals surface area contributed by atoms with Gasteiger partial charge in [-0.3, -0.25) is 4.79 Å². The molecule has 0 unspecified atom stereocenters. The second-order valence-electron chi connectivity index (χ2n) is 5.19. The predicted octanol–water partition coefficient (Wildman–Crippen LogP) is 3.76. The van der Waals surface area contributed by atoms with Crippen molar-refractivity contribution in [3.05, 3.63) is 42.5 Å². The number of carbonyl (C=O) groups is 1. The van der Waals surface area contributed by atoms with Gasteiger partial charge in [-0.05, 0) is 41.7 Å². The molecule has 0 fully saturated rings. The summed E-state index contributed by atoms with van der Waals surface area (Å²) in [6, 6.07) is 13.8. The van der Waals surface area contributed by atoms with Gasteiger partial charge in [-0.1, -0.05) is 44.2 Å². The molecular weight excluding hydrogens is 276 g/mol. The van der Waals surface area contributed by atoms with Gasteiger partial charge in [0.05, 0.1) is 0 Å². The Labute approximate surface area is 131 Å². The van der Waals surface area contributed by atoms with E-state index in [1.54, 1.807) is 6.21 Å². The average molecular weight is 298 g/mol. The lowest BCUT2D eigenvalue weighted by molar-refractivity contribution is -0.123. The van der Waals surface area contributed by atoms with E-state index >= 15 is 0 Å². The highest BCUT2D eigenvalue weighted by Gasteiger charge is 2.03. The Hall–Kier alpha value is -2.36. The number of fused-ring (bicyclic) bond motifs is 1. The standard InChI is InChI=1S/C18H22N2O2/c1-3-14(4-2)12-19-20-18(21)13-22-17-10-9-15-7-5-6-8-16(15)11-17/h5-12,14H,3-4,13H2,1-2H3,(H,20,21)/b19-12+. The van der Waals surface area contributed by atoms with Gasteiger partial charge in [0.15, 0.2) is 6.61 Å². The summed E-state index contributed by atoms with van der Waals surface area (Å²) in [6.07, 6.45) is 3.82. The van der Waals surface area contributed by atoms with E-state index in [1.165, 1.54) is 0 Å². The van der Waals surface area contributed by atoms with Crippen LogP contribution in [-0.4, -0.2) is 18.7 Å². The van der Waals surface area contributed by atoms with Crippen LogP contribution in [0.25, 0.3) is 10.8 Å². The van der Waals surface area contributed by atoms with Gasteiger partial charge in [-0.15, -0.1) is 0 Å². The molecular formula is C18H22N2O2. The molecule has 2 aromatic carbocycles. The fraction of sp³-hybridized carbons (Fsp3) is 0.333. The first-order valence-corrected chi connectivity index (χ1v) is 7.66. The molecule has 116 valence electrons. The van der Waals surface area contributed by atoms with Crippen molar-refractivity contribution in [3.63, 3.8) is 0 Å². The molecule has 1 amide bonds. The summed E-state index contributed by atoms with van der Waals surface area (Å²) >= 11 is 0. The first-order valence-electron chi connectivity index (χ1n) is 7.66. The van der Waals surface area contributed by atoms with E-state index in [0.717, 1.165) is 23.6 Å². The number of carbonyl (C=O) groups excluding carboxylic acids is 1. The summed E-state index contributed by atoms with van der Waals surface area (Å²) in [4.78, 5) is 11.7. The van der Waals surface area contributed by atoms with Gasteiger partial charge in [0.1, 0.15) is 5.75 Å². The van der Waals surface area contributed by atoms with Crippen molar-refractivity contribution in [3.8, 4) is 5.75 Å². The van der Waals surface area contributed by atoms with Gasteiger partial charge in [0, 0.05) is 6.21 Å². The Kier molecular flexibility index (Phi) is 5.95. The van der Waals surface area contributed by atoms with Crippen LogP contribution in [0.5, 0.6) is 5.75 Å². The van der Waals surface area contributed by atoms with E-state index in [0.29, 0.717) is 11.7 Å². The Balaban J connectivity index is 1.84. The van der Waals surface area contributed by atoms with Crippen LogP contribution in [0, 0.1) is 5.92 Å². The molecule has 0 spiro atoms. The summed E-state index contributed by atoms with van der Waals surface area (Å²) in [5.74, 6) is 0.829.